The van der Waals surface area contributed by atoms with Crippen molar-refractivity contribution in [2.24, 2.45) is 5.10 Å². The lowest BCUT2D eigenvalue weighted by Gasteiger charge is -2.11. The Kier molecular flexibility index (Phi) is 4.36. The van der Waals surface area contributed by atoms with Crippen LogP contribution in [0.5, 0.6) is 17.2 Å². The first-order valence-electron chi connectivity index (χ1n) is 5.66. The van der Waals surface area contributed by atoms with Gasteiger partial charge in [-0.3, -0.25) is 5.10 Å². The highest BCUT2D eigenvalue weighted by molar-refractivity contribution is 7.71. The predicted octanol–water partition coefficient (Wildman–Crippen LogP) is 1.85. The summed E-state index contributed by atoms with van der Waals surface area (Å²) >= 11 is 5.01. The number of hydrogen-bond donors (Lipinski definition) is 1. The minimum absolute atomic E-state index is 0.403. The molecule has 1 heterocycles. The molecule has 8 heteroatoms. The number of H-pyrrole nitrogens is 1. The van der Waals surface area contributed by atoms with Gasteiger partial charge in [0.1, 0.15) is 12.1 Å². The fourth-order valence-corrected chi connectivity index (χ4v) is 1.75. The SMILES string of the molecule is COc1cc(OC)c(OC)cc1/C=N\n1cn[nH]c1=S. The number of hydrogen-bond acceptors (Lipinski definition) is 6. The van der Waals surface area contributed by atoms with Crippen molar-refractivity contribution >= 4 is 18.4 Å². The Hall–Kier alpha value is -2.35. The summed E-state index contributed by atoms with van der Waals surface area (Å²) in [5.41, 5.74) is 0.730. The summed E-state index contributed by atoms with van der Waals surface area (Å²) < 4.78 is 17.6. The molecule has 0 bridgehead atoms. The van der Waals surface area contributed by atoms with E-state index in [1.165, 1.54) is 11.0 Å². The maximum atomic E-state index is 5.30. The molecule has 0 saturated carbocycles. The van der Waals surface area contributed by atoms with Gasteiger partial charge in [-0.15, -0.1) is 0 Å². The Morgan fingerprint density at radius 3 is 2.35 bits per heavy atom. The Balaban J connectivity index is 2.42. The zero-order chi connectivity index (χ0) is 14.5. The first kappa shape index (κ1) is 14.1. The van der Waals surface area contributed by atoms with Crippen molar-refractivity contribution < 1.29 is 14.2 Å². The van der Waals surface area contributed by atoms with Crippen molar-refractivity contribution in [1.82, 2.24) is 14.9 Å². The third kappa shape index (κ3) is 2.80. The molecule has 0 unspecified atom stereocenters. The molecular formula is C12H14N4O3S. The van der Waals surface area contributed by atoms with Crippen LogP contribution in [-0.2, 0) is 0 Å². The molecule has 20 heavy (non-hydrogen) atoms. The van der Waals surface area contributed by atoms with Gasteiger partial charge in [0.15, 0.2) is 11.5 Å². The molecular weight excluding hydrogens is 280 g/mol. The molecule has 1 aromatic carbocycles. The smallest absolute Gasteiger partial charge is 0.216 e. The largest absolute Gasteiger partial charge is 0.496 e. The highest BCUT2D eigenvalue weighted by Crippen LogP contribution is 2.33. The van der Waals surface area contributed by atoms with Crippen molar-refractivity contribution in [3.8, 4) is 17.2 Å². The molecule has 0 radical (unpaired) electrons. The van der Waals surface area contributed by atoms with Gasteiger partial charge in [0.2, 0.25) is 4.77 Å². The predicted molar refractivity (Wildman–Crippen MR) is 76.5 cm³/mol. The van der Waals surface area contributed by atoms with Crippen molar-refractivity contribution in [2.45, 2.75) is 0 Å². The first-order valence-corrected chi connectivity index (χ1v) is 6.06. The molecule has 0 spiro atoms. The third-order valence-corrected chi connectivity index (χ3v) is 2.87. The molecule has 2 aromatic rings. The number of aromatic nitrogens is 3. The van der Waals surface area contributed by atoms with E-state index in [4.69, 9.17) is 26.4 Å². The van der Waals surface area contributed by atoms with Crippen LogP contribution in [0.15, 0.2) is 23.6 Å². The van der Waals surface area contributed by atoms with E-state index < -0.39 is 0 Å². The number of methoxy groups -OCH3 is 3. The fraction of sp³-hybridized carbons (Fsp3) is 0.250. The molecule has 0 aliphatic heterocycles. The van der Waals surface area contributed by atoms with Crippen molar-refractivity contribution in [3.05, 3.63) is 28.8 Å². The quantitative estimate of drug-likeness (QED) is 0.673. The molecule has 7 nitrogen and oxygen atoms in total. The minimum atomic E-state index is 0.403. The Labute approximate surface area is 120 Å². The first-order chi connectivity index (χ1) is 9.69. The molecule has 106 valence electrons. The molecule has 1 N–H and O–H groups in total. The van der Waals surface area contributed by atoms with E-state index in [-0.39, 0.29) is 0 Å². The van der Waals surface area contributed by atoms with Crippen LogP contribution in [0.25, 0.3) is 0 Å². The highest BCUT2D eigenvalue weighted by atomic mass is 32.1. The summed E-state index contributed by atoms with van der Waals surface area (Å²) in [6.07, 6.45) is 3.08. The molecule has 0 amide bonds. The third-order valence-electron chi connectivity index (χ3n) is 2.59. The fourth-order valence-electron chi connectivity index (χ4n) is 1.60. The average molecular weight is 294 g/mol. The second-order valence-corrected chi connectivity index (χ2v) is 4.09. The van der Waals surface area contributed by atoms with E-state index in [9.17, 15) is 0 Å². The number of rotatable bonds is 5. The van der Waals surface area contributed by atoms with Crippen LogP contribution < -0.4 is 14.2 Å². The second-order valence-electron chi connectivity index (χ2n) is 3.70. The van der Waals surface area contributed by atoms with Gasteiger partial charge < -0.3 is 14.2 Å². The Morgan fingerprint density at radius 2 is 1.80 bits per heavy atom. The van der Waals surface area contributed by atoms with Gasteiger partial charge in [-0.1, -0.05) is 0 Å². The number of benzene rings is 1. The summed E-state index contributed by atoms with van der Waals surface area (Å²) in [6.45, 7) is 0. The lowest BCUT2D eigenvalue weighted by atomic mass is 10.2. The topological polar surface area (TPSA) is 73.7 Å². The van der Waals surface area contributed by atoms with Crippen LogP contribution in [0, 0.1) is 4.77 Å². The second kappa shape index (κ2) is 6.20. The van der Waals surface area contributed by atoms with Crippen molar-refractivity contribution in [2.75, 3.05) is 21.3 Å². The normalized spacial score (nSPS) is 10.8. The standard InChI is InChI=1S/C12H14N4O3S/c1-17-9-5-11(19-3)10(18-2)4-8(9)6-14-16-7-13-15-12(16)20/h4-7H,1-3H3,(H,15,20)/b14-6-. The highest BCUT2D eigenvalue weighted by Gasteiger charge is 2.10. The van der Waals surface area contributed by atoms with E-state index >= 15 is 0 Å². The van der Waals surface area contributed by atoms with Crippen molar-refractivity contribution in [1.29, 1.82) is 0 Å². The molecule has 0 atom stereocenters. The van der Waals surface area contributed by atoms with E-state index in [0.29, 0.717) is 22.0 Å². The van der Waals surface area contributed by atoms with E-state index in [2.05, 4.69) is 15.3 Å². The van der Waals surface area contributed by atoms with Crippen LogP contribution in [-0.4, -0.2) is 42.4 Å². The number of ether oxygens (including phenoxy) is 3. The summed E-state index contributed by atoms with van der Waals surface area (Å²) in [4.78, 5) is 0. The zero-order valence-corrected chi connectivity index (χ0v) is 12.1. The molecule has 0 fully saturated rings. The van der Waals surface area contributed by atoms with Gasteiger partial charge in [0.25, 0.3) is 0 Å². The van der Waals surface area contributed by atoms with E-state index in [1.54, 1.807) is 39.7 Å². The van der Waals surface area contributed by atoms with E-state index in [0.717, 1.165) is 5.56 Å². The molecule has 2 rings (SSSR count). The van der Waals surface area contributed by atoms with E-state index in [1.807, 2.05) is 0 Å². The van der Waals surface area contributed by atoms with Gasteiger partial charge in [-0.2, -0.15) is 14.9 Å². The number of nitrogens with one attached hydrogen (secondary N) is 1. The lowest BCUT2D eigenvalue weighted by molar-refractivity contribution is 0.349. The summed E-state index contributed by atoms with van der Waals surface area (Å²) in [7, 11) is 4.70. The summed E-state index contributed by atoms with van der Waals surface area (Å²) in [5.74, 6) is 1.79. The average Bonchev–Trinajstić information content (AvgIpc) is 2.89. The maximum absolute atomic E-state index is 5.30. The number of nitrogens with zero attached hydrogens (tertiary/aromatic N) is 3. The summed E-state index contributed by atoms with van der Waals surface area (Å²) in [6, 6.07) is 3.50. The molecule has 0 aliphatic rings. The number of aromatic amines is 1. The molecule has 1 aromatic heterocycles. The van der Waals surface area contributed by atoms with Gasteiger partial charge in [-0.25, -0.2) is 0 Å². The van der Waals surface area contributed by atoms with Gasteiger partial charge in [-0.05, 0) is 18.3 Å². The zero-order valence-electron chi connectivity index (χ0n) is 11.3. The maximum Gasteiger partial charge on any atom is 0.216 e. The van der Waals surface area contributed by atoms with Crippen LogP contribution in [0.3, 0.4) is 0 Å². The summed E-state index contributed by atoms with van der Waals surface area (Å²) in [5, 5.41) is 10.6. The monoisotopic (exact) mass is 294 g/mol. The van der Waals surface area contributed by atoms with Crippen LogP contribution in [0.4, 0.5) is 0 Å². The van der Waals surface area contributed by atoms with Crippen LogP contribution in [0.1, 0.15) is 5.56 Å². The Morgan fingerprint density at radius 1 is 1.15 bits per heavy atom. The van der Waals surface area contributed by atoms with Crippen molar-refractivity contribution in [3.63, 3.8) is 0 Å². The van der Waals surface area contributed by atoms with Gasteiger partial charge in [0.05, 0.1) is 27.5 Å². The minimum Gasteiger partial charge on any atom is -0.496 e. The molecule has 0 saturated heterocycles. The van der Waals surface area contributed by atoms with Crippen LogP contribution >= 0.6 is 12.2 Å². The lowest BCUT2D eigenvalue weighted by Crippen LogP contribution is -1.97. The van der Waals surface area contributed by atoms with Crippen LogP contribution in [0.2, 0.25) is 0 Å². The molecule has 0 aliphatic carbocycles. The Bertz CT molecular complexity index is 678. The van der Waals surface area contributed by atoms with Gasteiger partial charge in [0, 0.05) is 11.6 Å². The van der Waals surface area contributed by atoms with Gasteiger partial charge >= 0.3 is 0 Å².